The Morgan fingerprint density at radius 1 is 1.31 bits per heavy atom. The largest absolute Gasteiger partial charge is 0.342 e. The summed E-state index contributed by atoms with van der Waals surface area (Å²) in [4.78, 5) is 33.1. The van der Waals surface area contributed by atoms with E-state index in [1.54, 1.807) is 6.20 Å². The van der Waals surface area contributed by atoms with Crippen LogP contribution in [0.2, 0.25) is 0 Å². The highest BCUT2D eigenvalue weighted by atomic mass is 16.2. The molecule has 2 fully saturated rings. The molecule has 0 aliphatic carbocycles. The minimum atomic E-state index is 0.0443. The maximum atomic E-state index is 12.4. The van der Waals surface area contributed by atoms with Crippen LogP contribution in [0.15, 0.2) is 24.4 Å². The number of piperidine rings is 2. The van der Waals surface area contributed by atoms with E-state index in [-0.39, 0.29) is 17.4 Å². The molecular formula is C20H30N4O2. The minimum Gasteiger partial charge on any atom is -0.342 e. The van der Waals surface area contributed by atoms with Gasteiger partial charge in [-0.25, -0.2) is 4.79 Å². The molecule has 3 heterocycles. The van der Waals surface area contributed by atoms with Crippen LogP contribution in [-0.2, 0) is 11.2 Å². The number of nitrogens with one attached hydrogen (secondary N) is 1. The topological polar surface area (TPSA) is 65.5 Å². The summed E-state index contributed by atoms with van der Waals surface area (Å²) in [5.41, 5.74) is 1.07. The van der Waals surface area contributed by atoms with Gasteiger partial charge in [-0.3, -0.25) is 9.78 Å². The van der Waals surface area contributed by atoms with Crippen LogP contribution in [0, 0.1) is 5.41 Å². The summed E-state index contributed by atoms with van der Waals surface area (Å²) < 4.78 is 0. The lowest BCUT2D eigenvalue weighted by molar-refractivity contribution is -0.138. The first-order valence-electron chi connectivity index (χ1n) is 9.82. The number of urea groups is 1. The van der Waals surface area contributed by atoms with Gasteiger partial charge in [-0.05, 0) is 37.8 Å². The number of pyridine rings is 1. The molecule has 0 aromatic carbocycles. The fourth-order valence-electron chi connectivity index (χ4n) is 4.16. The van der Waals surface area contributed by atoms with Gasteiger partial charge >= 0.3 is 6.03 Å². The van der Waals surface area contributed by atoms with Crippen LogP contribution in [0.3, 0.4) is 0 Å². The number of rotatable bonds is 5. The van der Waals surface area contributed by atoms with Crippen LogP contribution < -0.4 is 5.32 Å². The molecule has 2 aliphatic rings. The molecule has 3 amide bonds. The number of likely N-dealkylation sites (tertiary alicyclic amines) is 2. The molecule has 2 saturated heterocycles. The quantitative estimate of drug-likeness (QED) is 0.879. The van der Waals surface area contributed by atoms with Crippen LogP contribution in [0.5, 0.6) is 0 Å². The van der Waals surface area contributed by atoms with Crippen molar-refractivity contribution in [2.24, 2.45) is 5.41 Å². The highest BCUT2D eigenvalue weighted by Crippen LogP contribution is 2.38. The molecule has 1 N–H and O–H groups in total. The van der Waals surface area contributed by atoms with E-state index in [0.717, 1.165) is 64.0 Å². The van der Waals surface area contributed by atoms with Crippen LogP contribution >= 0.6 is 0 Å². The second-order valence-corrected chi connectivity index (χ2v) is 7.64. The van der Waals surface area contributed by atoms with Crippen molar-refractivity contribution in [3.63, 3.8) is 0 Å². The summed E-state index contributed by atoms with van der Waals surface area (Å²) in [5, 5.41) is 2.99. The summed E-state index contributed by atoms with van der Waals surface area (Å²) >= 11 is 0. The molecule has 1 aromatic rings. The lowest BCUT2D eigenvalue weighted by Gasteiger charge is -2.48. The van der Waals surface area contributed by atoms with Crippen molar-refractivity contribution < 1.29 is 9.59 Å². The third-order valence-corrected chi connectivity index (χ3v) is 5.59. The molecule has 0 radical (unpaired) electrons. The Morgan fingerprint density at radius 3 is 2.96 bits per heavy atom. The van der Waals surface area contributed by atoms with Crippen LogP contribution in [0.25, 0.3) is 0 Å². The number of amides is 3. The molecule has 1 spiro atoms. The molecule has 6 nitrogen and oxygen atoms in total. The van der Waals surface area contributed by atoms with Gasteiger partial charge in [0.2, 0.25) is 5.91 Å². The first-order valence-corrected chi connectivity index (χ1v) is 9.82. The molecule has 0 saturated carbocycles. The van der Waals surface area contributed by atoms with Crippen LogP contribution in [0.1, 0.15) is 44.7 Å². The SMILES string of the molecule is CCCNC(=O)N1CCC[C@]2(CCC(=O)N(CCc3ccccn3)C2)C1. The van der Waals surface area contributed by atoms with Gasteiger partial charge < -0.3 is 15.1 Å². The van der Waals surface area contributed by atoms with Crippen molar-refractivity contribution in [2.75, 3.05) is 32.7 Å². The van der Waals surface area contributed by atoms with Crippen LogP contribution in [0.4, 0.5) is 4.79 Å². The number of carbonyl (C=O) groups excluding carboxylic acids is 2. The second kappa shape index (κ2) is 8.52. The smallest absolute Gasteiger partial charge is 0.317 e. The summed E-state index contributed by atoms with van der Waals surface area (Å²) in [5.74, 6) is 0.235. The van der Waals surface area contributed by atoms with Crippen molar-refractivity contribution in [1.82, 2.24) is 20.1 Å². The van der Waals surface area contributed by atoms with Gasteiger partial charge in [-0.1, -0.05) is 13.0 Å². The minimum absolute atomic E-state index is 0.0443. The van der Waals surface area contributed by atoms with Gasteiger partial charge in [0, 0.05) is 62.9 Å². The number of hydrogen-bond acceptors (Lipinski definition) is 3. The normalized spacial score (nSPS) is 23.3. The van der Waals surface area contributed by atoms with Gasteiger partial charge in [0.05, 0.1) is 0 Å². The first kappa shape index (κ1) is 18.7. The standard InChI is InChI=1S/C20H30N4O2/c1-2-11-22-19(26)24-13-5-9-20(16-24)10-7-18(25)23(15-20)14-8-17-6-3-4-12-21-17/h3-4,6,12H,2,5,7-11,13-16H2,1H3,(H,22,26)/t20-/m1/s1. The van der Waals surface area contributed by atoms with E-state index in [0.29, 0.717) is 13.0 Å². The predicted molar refractivity (Wildman–Crippen MR) is 101 cm³/mol. The van der Waals surface area contributed by atoms with E-state index in [4.69, 9.17) is 0 Å². The maximum Gasteiger partial charge on any atom is 0.317 e. The van der Waals surface area contributed by atoms with Gasteiger partial charge in [0.1, 0.15) is 0 Å². The summed E-state index contributed by atoms with van der Waals surface area (Å²) in [6, 6.07) is 5.94. The summed E-state index contributed by atoms with van der Waals surface area (Å²) in [6.07, 6.45) is 7.11. The average Bonchev–Trinajstić information content (AvgIpc) is 2.68. The molecule has 1 aromatic heterocycles. The van der Waals surface area contributed by atoms with E-state index in [1.807, 2.05) is 28.0 Å². The van der Waals surface area contributed by atoms with Gasteiger partial charge in [-0.2, -0.15) is 0 Å². The van der Waals surface area contributed by atoms with Gasteiger partial charge in [-0.15, -0.1) is 0 Å². The molecule has 3 rings (SSSR count). The van der Waals surface area contributed by atoms with E-state index in [2.05, 4.69) is 17.2 Å². The number of aromatic nitrogens is 1. The average molecular weight is 358 g/mol. The number of hydrogen-bond donors (Lipinski definition) is 1. The van der Waals surface area contributed by atoms with Crippen molar-refractivity contribution >= 4 is 11.9 Å². The molecule has 26 heavy (non-hydrogen) atoms. The lowest BCUT2D eigenvalue weighted by Crippen LogP contribution is -2.56. The molecule has 1 atom stereocenters. The van der Waals surface area contributed by atoms with Crippen molar-refractivity contribution in [3.8, 4) is 0 Å². The maximum absolute atomic E-state index is 12.4. The predicted octanol–water partition coefficient (Wildman–Crippen LogP) is 2.45. The Hall–Kier alpha value is -2.11. The van der Waals surface area contributed by atoms with E-state index in [9.17, 15) is 9.59 Å². The van der Waals surface area contributed by atoms with E-state index >= 15 is 0 Å². The Labute approximate surface area is 156 Å². The zero-order valence-electron chi connectivity index (χ0n) is 15.7. The third kappa shape index (κ3) is 4.54. The molecule has 0 unspecified atom stereocenters. The van der Waals surface area contributed by atoms with E-state index < -0.39 is 0 Å². The molecule has 2 aliphatic heterocycles. The number of nitrogens with zero attached hydrogens (tertiary/aromatic N) is 3. The Balaban J connectivity index is 1.60. The zero-order chi connectivity index (χ0) is 18.4. The Kier molecular flexibility index (Phi) is 6.12. The Morgan fingerprint density at radius 2 is 2.19 bits per heavy atom. The monoisotopic (exact) mass is 358 g/mol. The molecule has 142 valence electrons. The molecular weight excluding hydrogens is 328 g/mol. The van der Waals surface area contributed by atoms with Crippen molar-refractivity contribution in [1.29, 1.82) is 0 Å². The third-order valence-electron chi connectivity index (χ3n) is 5.59. The first-order chi connectivity index (χ1) is 12.6. The van der Waals surface area contributed by atoms with E-state index in [1.165, 1.54) is 0 Å². The van der Waals surface area contributed by atoms with Crippen molar-refractivity contribution in [3.05, 3.63) is 30.1 Å². The fraction of sp³-hybridized carbons (Fsp3) is 0.650. The molecule has 0 bridgehead atoms. The second-order valence-electron chi connectivity index (χ2n) is 7.64. The van der Waals surface area contributed by atoms with Gasteiger partial charge in [0.25, 0.3) is 0 Å². The Bertz CT molecular complexity index is 621. The molecule has 6 heteroatoms. The van der Waals surface area contributed by atoms with Crippen LogP contribution in [-0.4, -0.2) is 59.4 Å². The zero-order valence-corrected chi connectivity index (χ0v) is 15.7. The highest BCUT2D eigenvalue weighted by molar-refractivity contribution is 5.77. The summed E-state index contributed by atoms with van der Waals surface area (Å²) in [6.45, 7) is 5.83. The highest BCUT2D eigenvalue weighted by Gasteiger charge is 2.42. The number of carbonyl (C=O) groups is 2. The lowest BCUT2D eigenvalue weighted by atomic mass is 9.73. The fourth-order valence-corrected chi connectivity index (χ4v) is 4.16. The summed E-state index contributed by atoms with van der Waals surface area (Å²) in [7, 11) is 0. The van der Waals surface area contributed by atoms with Crippen molar-refractivity contribution in [2.45, 2.75) is 45.4 Å². The van der Waals surface area contributed by atoms with Gasteiger partial charge in [0.15, 0.2) is 0 Å².